The molecular formula is C14H21NO2S. The van der Waals surface area contributed by atoms with Crippen molar-refractivity contribution in [2.45, 2.75) is 45.2 Å². The van der Waals surface area contributed by atoms with E-state index in [0.29, 0.717) is 12.5 Å². The Balaban J connectivity index is 2.12. The molecule has 1 aromatic rings. The molecule has 18 heavy (non-hydrogen) atoms. The molecule has 1 aliphatic rings. The van der Waals surface area contributed by atoms with E-state index in [9.17, 15) is 8.42 Å². The first-order chi connectivity index (χ1) is 8.38. The minimum absolute atomic E-state index is 0.227. The van der Waals surface area contributed by atoms with E-state index in [1.54, 1.807) is 4.31 Å². The topological polar surface area (TPSA) is 37.4 Å². The van der Waals surface area contributed by atoms with Crippen LogP contribution in [0.3, 0.4) is 0 Å². The number of sulfonamides is 1. The molecule has 1 fully saturated rings. The molecule has 1 saturated carbocycles. The summed E-state index contributed by atoms with van der Waals surface area (Å²) in [4.78, 5) is 0. The molecule has 0 aliphatic heterocycles. The van der Waals surface area contributed by atoms with Crippen LogP contribution in [0.25, 0.3) is 0 Å². The van der Waals surface area contributed by atoms with E-state index in [0.717, 1.165) is 18.4 Å². The molecule has 0 radical (unpaired) electrons. The monoisotopic (exact) mass is 267 g/mol. The van der Waals surface area contributed by atoms with Crippen LogP contribution in [-0.2, 0) is 16.6 Å². The Morgan fingerprint density at radius 1 is 1.22 bits per heavy atom. The molecule has 100 valence electrons. The van der Waals surface area contributed by atoms with Crippen molar-refractivity contribution >= 4 is 10.0 Å². The average molecular weight is 267 g/mol. The van der Waals surface area contributed by atoms with Crippen molar-refractivity contribution in [3.63, 3.8) is 0 Å². The third-order valence-corrected chi connectivity index (χ3v) is 4.64. The number of hydrogen-bond donors (Lipinski definition) is 0. The highest BCUT2D eigenvalue weighted by atomic mass is 32.2. The minimum atomic E-state index is -3.09. The maximum Gasteiger partial charge on any atom is 0.211 e. The van der Waals surface area contributed by atoms with Crippen molar-refractivity contribution in [2.24, 2.45) is 0 Å². The molecule has 0 bridgehead atoms. The molecule has 0 amide bonds. The Morgan fingerprint density at radius 2 is 1.78 bits per heavy atom. The summed E-state index contributed by atoms with van der Waals surface area (Å²) >= 11 is 0. The quantitative estimate of drug-likeness (QED) is 0.822. The summed E-state index contributed by atoms with van der Waals surface area (Å²) in [5.41, 5.74) is 2.35. The molecule has 1 aromatic carbocycles. The van der Waals surface area contributed by atoms with Gasteiger partial charge in [0, 0.05) is 12.6 Å². The van der Waals surface area contributed by atoms with Crippen LogP contribution in [0.4, 0.5) is 0 Å². The molecular weight excluding hydrogens is 246 g/mol. The van der Waals surface area contributed by atoms with Gasteiger partial charge in [-0.2, -0.15) is 4.31 Å². The summed E-state index contributed by atoms with van der Waals surface area (Å²) in [6, 6.07) is 8.48. The fourth-order valence-electron chi connectivity index (χ4n) is 2.07. The first-order valence-corrected chi connectivity index (χ1v) is 8.28. The van der Waals surface area contributed by atoms with Crippen LogP contribution >= 0.6 is 0 Å². The second-order valence-electron chi connectivity index (χ2n) is 5.44. The van der Waals surface area contributed by atoms with Crippen LogP contribution in [0.1, 0.15) is 43.7 Å². The molecule has 0 atom stereocenters. The standard InChI is InChI=1S/C14H21NO2S/c1-11(2)13-6-4-12(5-7-13)10-15(14-8-9-14)18(3,16)17/h4-7,11,14H,8-10H2,1-3H3. The predicted octanol–water partition coefficient (Wildman–Crippen LogP) is 2.73. The minimum Gasteiger partial charge on any atom is -0.212 e. The van der Waals surface area contributed by atoms with Crippen LogP contribution in [0.15, 0.2) is 24.3 Å². The Labute approximate surface area is 110 Å². The molecule has 0 N–H and O–H groups in total. The van der Waals surface area contributed by atoms with Crippen molar-refractivity contribution in [3.05, 3.63) is 35.4 Å². The largest absolute Gasteiger partial charge is 0.212 e. The summed E-state index contributed by atoms with van der Waals surface area (Å²) in [5, 5.41) is 0. The highest BCUT2D eigenvalue weighted by molar-refractivity contribution is 7.88. The summed E-state index contributed by atoms with van der Waals surface area (Å²) in [6.07, 6.45) is 3.29. The molecule has 0 saturated heterocycles. The number of nitrogens with zero attached hydrogens (tertiary/aromatic N) is 1. The van der Waals surface area contributed by atoms with Gasteiger partial charge in [-0.3, -0.25) is 0 Å². The van der Waals surface area contributed by atoms with Gasteiger partial charge in [0.05, 0.1) is 6.26 Å². The van der Waals surface area contributed by atoms with Gasteiger partial charge >= 0.3 is 0 Å². The van der Waals surface area contributed by atoms with Gasteiger partial charge in [0.1, 0.15) is 0 Å². The molecule has 0 heterocycles. The van der Waals surface area contributed by atoms with Gasteiger partial charge in [-0.1, -0.05) is 38.1 Å². The van der Waals surface area contributed by atoms with Crippen molar-refractivity contribution in [1.29, 1.82) is 0 Å². The van der Waals surface area contributed by atoms with E-state index in [1.165, 1.54) is 11.8 Å². The lowest BCUT2D eigenvalue weighted by Crippen LogP contribution is -2.31. The lowest BCUT2D eigenvalue weighted by Gasteiger charge is -2.19. The third kappa shape index (κ3) is 3.33. The lowest BCUT2D eigenvalue weighted by molar-refractivity contribution is 0.402. The Hall–Kier alpha value is -0.870. The zero-order valence-corrected chi connectivity index (χ0v) is 12.1. The van der Waals surface area contributed by atoms with E-state index >= 15 is 0 Å². The fourth-order valence-corrected chi connectivity index (χ4v) is 3.20. The first kappa shape index (κ1) is 13.6. The average Bonchev–Trinajstić information content (AvgIpc) is 3.08. The van der Waals surface area contributed by atoms with Gasteiger partial charge in [0.2, 0.25) is 10.0 Å². The van der Waals surface area contributed by atoms with E-state index in [2.05, 4.69) is 26.0 Å². The summed E-state index contributed by atoms with van der Waals surface area (Å²) < 4.78 is 25.1. The van der Waals surface area contributed by atoms with Gasteiger partial charge in [-0.15, -0.1) is 0 Å². The SMILES string of the molecule is CC(C)c1ccc(CN(C2CC2)S(C)(=O)=O)cc1. The fraction of sp³-hybridized carbons (Fsp3) is 0.571. The Kier molecular flexibility index (Phi) is 3.78. The second-order valence-corrected chi connectivity index (χ2v) is 7.37. The van der Waals surface area contributed by atoms with E-state index in [1.807, 2.05) is 12.1 Å². The normalized spacial score (nSPS) is 16.5. The second kappa shape index (κ2) is 5.02. The molecule has 0 unspecified atom stereocenters. The van der Waals surface area contributed by atoms with Crippen LogP contribution in [-0.4, -0.2) is 25.0 Å². The van der Waals surface area contributed by atoms with Crippen molar-refractivity contribution in [2.75, 3.05) is 6.26 Å². The molecule has 0 aromatic heterocycles. The van der Waals surface area contributed by atoms with Crippen LogP contribution < -0.4 is 0 Å². The van der Waals surface area contributed by atoms with E-state index in [-0.39, 0.29) is 6.04 Å². The van der Waals surface area contributed by atoms with E-state index in [4.69, 9.17) is 0 Å². The summed E-state index contributed by atoms with van der Waals surface area (Å²) in [5.74, 6) is 0.508. The molecule has 0 spiro atoms. The van der Waals surface area contributed by atoms with Crippen molar-refractivity contribution in [3.8, 4) is 0 Å². The Bertz CT molecular complexity index is 501. The van der Waals surface area contributed by atoms with Gasteiger partial charge in [-0.25, -0.2) is 8.42 Å². The van der Waals surface area contributed by atoms with Crippen LogP contribution in [0.2, 0.25) is 0 Å². The highest BCUT2D eigenvalue weighted by Gasteiger charge is 2.34. The zero-order chi connectivity index (χ0) is 13.3. The van der Waals surface area contributed by atoms with E-state index < -0.39 is 10.0 Å². The van der Waals surface area contributed by atoms with Crippen molar-refractivity contribution < 1.29 is 8.42 Å². The van der Waals surface area contributed by atoms with Gasteiger partial charge < -0.3 is 0 Å². The number of benzene rings is 1. The number of rotatable bonds is 5. The zero-order valence-electron chi connectivity index (χ0n) is 11.3. The third-order valence-electron chi connectivity index (χ3n) is 3.36. The van der Waals surface area contributed by atoms with Gasteiger partial charge in [-0.05, 0) is 29.9 Å². The highest BCUT2D eigenvalue weighted by Crippen LogP contribution is 2.30. The van der Waals surface area contributed by atoms with Gasteiger partial charge in [0.25, 0.3) is 0 Å². The van der Waals surface area contributed by atoms with Crippen LogP contribution in [0, 0.1) is 0 Å². The Morgan fingerprint density at radius 3 is 2.17 bits per heavy atom. The maximum atomic E-state index is 11.7. The smallest absolute Gasteiger partial charge is 0.211 e. The van der Waals surface area contributed by atoms with Crippen molar-refractivity contribution in [1.82, 2.24) is 4.31 Å². The van der Waals surface area contributed by atoms with Crippen LogP contribution in [0.5, 0.6) is 0 Å². The number of hydrogen-bond acceptors (Lipinski definition) is 2. The van der Waals surface area contributed by atoms with Gasteiger partial charge in [0.15, 0.2) is 0 Å². The first-order valence-electron chi connectivity index (χ1n) is 6.43. The molecule has 4 heteroatoms. The predicted molar refractivity (Wildman–Crippen MR) is 73.9 cm³/mol. The molecule has 3 nitrogen and oxygen atoms in total. The molecule has 1 aliphatic carbocycles. The summed E-state index contributed by atoms with van der Waals surface area (Å²) in [7, 11) is -3.09. The summed E-state index contributed by atoms with van der Waals surface area (Å²) in [6.45, 7) is 4.81. The molecule has 2 rings (SSSR count). The maximum absolute atomic E-state index is 11.7. The lowest BCUT2D eigenvalue weighted by atomic mass is 10.0.